The molecule has 148 valence electrons. The minimum Gasteiger partial charge on any atom is -0.485 e. The van der Waals surface area contributed by atoms with Gasteiger partial charge in [0.05, 0.1) is 5.56 Å². The lowest BCUT2D eigenvalue weighted by molar-refractivity contribution is -0.125. The molecule has 7 nitrogen and oxygen atoms in total. The average molecular weight is 401 g/mol. The molecule has 4 rings (SSSR count). The third-order valence-electron chi connectivity index (χ3n) is 5.10. The van der Waals surface area contributed by atoms with E-state index in [2.05, 4.69) is 24.1 Å². The van der Waals surface area contributed by atoms with Gasteiger partial charge in [0.25, 0.3) is 11.8 Å². The monoisotopic (exact) mass is 401 g/mol. The van der Waals surface area contributed by atoms with Crippen molar-refractivity contribution in [1.29, 1.82) is 0 Å². The number of fused-ring (bicyclic) bond motifs is 2. The average Bonchev–Trinajstić information content (AvgIpc) is 3.04. The maximum absolute atomic E-state index is 12.8. The largest absolute Gasteiger partial charge is 0.485 e. The molecule has 1 aromatic heterocycles. The molecule has 2 aliphatic heterocycles. The Kier molecular flexibility index (Phi) is 4.99. The van der Waals surface area contributed by atoms with E-state index in [1.54, 1.807) is 12.1 Å². The number of thiophene rings is 1. The summed E-state index contributed by atoms with van der Waals surface area (Å²) < 4.78 is 11.4. The van der Waals surface area contributed by atoms with Crippen LogP contribution in [-0.2, 0) is 17.8 Å². The fraction of sp³-hybridized carbons (Fsp3) is 0.400. The maximum Gasteiger partial charge on any atom is 0.269 e. The van der Waals surface area contributed by atoms with Crippen LogP contribution in [0.2, 0.25) is 0 Å². The zero-order valence-electron chi connectivity index (χ0n) is 15.9. The zero-order valence-corrected chi connectivity index (χ0v) is 16.7. The second-order valence-corrected chi connectivity index (χ2v) is 8.35. The summed E-state index contributed by atoms with van der Waals surface area (Å²) in [5, 5.41) is 3.34. The van der Waals surface area contributed by atoms with Crippen molar-refractivity contribution in [2.75, 3.05) is 18.5 Å². The Morgan fingerprint density at radius 2 is 2.04 bits per heavy atom. The van der Waals surface area contributed by atoms with E-state index >= 15 is 0 Å². The van der Waals surface area contributed by atoms with E-state index in [1.165, 1.54) is 11.3 Å². The summed E-state index contributed by atoms with van der Waals surface area (Å²) in [5.74, 6) is 0.278. The summed E-state index contributed by atoms with van der Waals surface area (Å²) in [6, 6.07) is 7.63. The van der Waals surface area contributed by atoms with E-state index < -0.39 is 12.0 Å². The topological polar surface area (TPSA) is 93.9 Å². The van der Waals surface area contributed by atoms with Crippen molar-refractivity contribution < 1.29 is 19.1 Å². The van der Waals surface area contributed by atoms with E-state index in [4.69, 9.17) is 15.2 Å². The molecule has 2 aromatic rings. The first-order chi connectivity index (χ1) is 13.4. The van der Waals surface area contributed by atoms with Gasteiger partial charge >= 0.3 is 0 Å². The zero-order chi connectivity index (χ0) is 19.8. The molecule has 1 atom stereocenters. The highest BCUT2D eigenvalue weighted by molar-refractivity contribution is 7.17. The molecule has 0 unspecified atom stereocenters. The number of rotatable bonds is 4. The summed E-state index contributed by atoms with van der Waals surface area (Å²) in [5.41, 5.74) is 7.02. The Labute approximate surface area is 167 Å². The number of carbonyl (C=O) groups excluding carboxylic acids is 2. The van der Waals surface area contributed by atoms with Crippen LogP contribution in [0.1, 0.15) is 34.6 Å². The molecule has 0 spiro atoms. The summed E-state index contributed by atoms with van der Waals surface area (Å²) in [6.45, 7) is 6.03. The molecule has 8 heteroatoms. The van der Waals surface area contributed by atoms with Crippen LogP contribution in [0.5, 0.6) is 11.5 Å². The second kappa shape index (κ2) is 7.44. The van der Waals surface area contributed by atoms with Crippen LogP contribution < -0.4 is 20.5 Å². The minimum atomic E-state index is -0.790. The molecule has 0 radical (unpaired) electrons. The molecule has 28 heavy (non-hydrogen) atoms. The van der Waals surface area contributed by atoms with E-state index in [-0.39, 0.29) is 12.5 Å². The van der Waals surface area contributed by atoms with Crippen LogP contribution >= 0.6 is 11.3 Å². The fourth-order valence-electron chi connectivity index (χ4n) is 3.55. The lowest BCUT2D eigenvalue weighted by Gasteiger charge is -2.30. The number of hydrogen-bond acceptors (Lipinski definition) is 6. The number of primary amides is 1. The van der Waals surface area contributed by atoms with Gasteiger partial charge in [0, 0.05) is 24.0 Å². The Bertz CT molecular complexity index is 924. The highest BCUT2D eigenvalue weighted by atomic mass is 32.1. The Morgan fingerprint density at radius 3 is 2.75 bits per heavy atom. The molecule has 1 aromatic carbocycles. The summed E-state index contributed by atoms with van der Waals surface area (Å²) in [7, 11) is 0. The molecule has 3 heterocycles. The van der Waals surface area contributed by atoms with Crippen molar-refractivity contribution >= 4 is 28.2 Å². The third kappa shape index (κ3) is 3.45. The van der Waals surface area contributed by atoms with Gasteiger partial charge in [-0.25, -0.2) is 0 Å². The lowest BCUT2D eigenvalue weighted by atomic mass is 10.0. The molecule has 0 saturated heterocycles. The first-order valence-electron chi connectivity index (χ1n) is 9.31. The van der Waals surface area contributed by atoms with Crippen LogP contribution in [0.3, 0.4) is 0 Å². The second-order valence-electron chi connectivity index (χ2n) is 7.24. The van der Waals surface area contributed by atoms with E-state index in [1.807, 2.05) is 12.1 Å². The predicted octanol–water partition coefficient (Wildman–Crippen LogP) is 2.39. The van der Waals surface area contributed by atoms with Crippen LogP contribution in [0, 0.1) is 0 Å². The van der Waals surface area contributed by atoms with E-state index in [0.717, 1.165) is 30.0 Å². The number of hydrogen-bond donors (Lipinski definition) is 2. The number of nitrogens with two attached hydrogens (primary N) is 1. The number of ether oxygens (including phenoxy) is 2. The maximum atomic E-state index is 12.8. The molecule has 2 aliphatic rings. The van der Waals surface area contributed by atoms with Crippen LogP contribution in [0.4, 0.5) is 5.00 Å². The van der Waals surface area contributed by atoms with Gasteiger partial charge in [-0.05, 0) is 38.0 Å². The van der Waals surface area contributed by atoms with E-state index in [9.17, 15) is 9.59 Å². The van der Waals surface area contributed by atoms with Gasteiger partial charge in [0.2, 0.25) is 6.10 Å². The highest BCUT2D eigenvalue weighted by Crippen LogP contribution is 2.38. The molecule has 0 bridgehead atoms. The standard InChI is InChI=1S/C20H23N3O4S/c1-11(2)23-8-7-12-16(9-23)28-20(17(12)18(21)24)22-19(25)15-10-26-13-5-3-4-6-14(13)27-15/h3-6,11,15H,7-10H2,1-2H3,(H2,21,24)(H,22,25)/t15-/m0/s1. The third-order valence-corrected chi connectivity index (χ3v) is 6.23. The predicted molar refractivity (Wildman–Crippen MR) is 107 cm³/mol. The molecule has 0 fully saturated rings. The van der Waals surface area contributed by atoms with Gasteiger partial charge < -0.3 is 20.5 Å². The Hall–Kier alpha value is -2.58. The van der Waals surface area contributed by atoms with Gasteiger partial charge in [-0.3, -0.25) is 14.5 Å². The quantitative estimate of drug-likeness (QED) is 0.820. The van der Waals surface area contributed by atoms with E-state index in [0.29, 0.717) is 28.1 Å². The number of anilines is 1. The number of benzene rings is 1. The summed E-state index contributed by atoms with van der Waals surface area (Å²) in [6.07, 6.45) is -0.0453. The van der Waals surface area contributed by atoms with Gasteiger partial charge in [-0.1, -0.05) is 12.1 Å². The molecule has 2 amide bonds. The van der Waals surface area contributed by atoms with Crippen molar-refractivity contribution in [2.45, 2.75) is 39.0 Å². The Morgan fingerprint density at radius 1 is 1.29 bits per heavy atom. The van der Waals surface area contributed by atoms with Crippen molar-refractivity contribution in [3.8, 4) is 11.5 Å². The van der Waals surface area contributed by atoms with Gasteiger partial charge in [0.1, 0.15) is 11.6 Å². The van der Waals surface area contributed by atoms with Crippen molar-refractivity contribution in [3.63, 3.8) is 0 Å². The normalized spacial score (nSPS) is 18.6. The van der Waals surface area contributed by atoms with Crippen LogP contribution in [0.25, 0.3) is 0 Å². The minimum absolute atomic E-state index is 0.112. The van der Waals surface area contributed by atoms with Crippen molar-refractivity contribution in [1.82, 2.24) is 4.90 Å². The lowest BCUT2D eigenvalue weighted by Crippen LogP contribution is -2.40. The summed E-state index contributed by atoms with van der Waals surface area (Å²) in [4.78, 5) is 28.3. The van der Waals surface area contributed by atoms with Crippen molar-refractivity contribution in [3.05, 3.63) is 40.3 Å². The number of amides is 2. The number of nitrogens with zero attached hydrogens (tertiary/aromatic N) is 1. The molecule has 0 aliphatic carbocycles. The van der Waals surface area contributed by atoms with Crippen LogP contribution in [-0.4, -0.2) is 42.0 Å². The van der Waals surface area contributed by atoms with Gasteiger partial charge in [-0.2, -0.15) is 0 Å². The first-order valence-corrected chi connectivity index (χ1v) is 10.1. The van der Waals surface area contributed by atoms with Gasteiger partial charge in [-0.15, -0.1) is 11.3 Å². The molecule has 0 saturated carbocycles. The SMILES string of the molecule is CC(C)N1CCc2c(sc(NC(=O)[C@@H]3COc4ccccc4O3)c2C(N)=O)C1. The Balaban J connectivity index is 1.55. The highest BCUT2D eigenvalue weighted by Gasteiger charge is 2.32. The fourth-order valence-corrected chi connectivity index (χ4v) is 4.84. The number of carbonyl (C=O) groups is 2. The summed E-state index contributed by atoms with van der Waals surface area (Å²) >= 11 is 1.42. The van der Waals surface area contributed by atoms with Gasteiger partial charge in [0.15, 0.2) is 11.5 Å². The van der Waals surface area contributed by atoms with Crippen LogP contribution in [0.15, 0.2) is 24.3 Å². The first kappa shape index (κ1) is 18.8. The number of nitrogens with one attached hydrogen (secondary N) is 1. The number of para-hydroxylation sites is 2. The van der Waals surface area contributed by atoms with Crippen molar-refractivity contribution in [2.24, 2.45) is 5.73 Å². The molecular formula is C20H23N3O4S. The molecule has 3 N–H and O–H groups in total. The smallest absolute Gasteiger partial charge is 0.269 e. The molecular weight excluding hydrogens is 378 g/mol.